The molecule has 1 heterocycles. The number of benzene rings is 1. The Hall–Kier alpha value is -1.75. The first-order valence-electron chi connectivity index (χ1n) is 5.00. The second-order valence-corrected chi connectivity index (χ2v) is 4.88. The van der Waals surface area contributed by atoms with Crippen LogP contribution in [0.15, 0.2) is 47.6 Å². The summed E-state index contributed by atoms with van der Waals surface area (Å²) in [6.07, 6.45) is 1.55. The second-order valence-electron chi connectivity index (χ2n) is 3.51. The Morgan fingerprint density at radius 3 is 2.59 bits per heavy atom. The van der Waals surface area contributed by atoms with E-state index in [0.717, 1.165) is 5.56 Å². The van der Waals surface area contributed by atoms with Gasteiger partial charge in [0.2, 0.25) is 0 Å². The summed E-state index contributed by atoms with van der Waals surface area (Å²) in [4.78, 5) is 3.99. The van der Waals surface area contributed by atoms with Crippen LogP contribution in [0.5, 0.6) is 0 Å². The Bertz CT molecular complexity index is 542. The molecule has 1 atom stereocenters. The molecule has 0 saturated heterocycles. The van der Waals surface area contributed by atoms with Crippen LogP contribution >= 0.6 is 0 Å². The number of nitrogens with zero attached hydrogens (tertiary/aromatic N) is 1. The fourth-order valence-electron chi connectivity index (χ4n) is 1.39. The molecule has 17 heavy (non-hydrogen) atoms. The molecular formula is C12H11FN2OS. The van der Waals surface area contributed by atoms with Crippen LogP contribution in [0.2, 0.25) is 0 Å². The molecule has 88 valence electrons. The van der Waals surface area contributed by atoms with E-state index in [1.54, 1.807) is 30.5 Å². The van der Waals surface area contributed by atoms with Gasteiger partial charge in [-0.1, -0.05) is 12.1 Å². The largest absolute Gasteiger partial charge is 0.396 e. The lowest BCUT2D eigenvalue weighted by atomic mass is 10.2. The van der Waals surface area contributed by atoms with Crippen molar-refractivity contribution in [2.75, 3.05) is 5.73 Å². The van der Waals surface area contributed by atoms with Crippen LogP contribution in [0, 0.1) is 5.82 Å². The van der Waals surface area contributed by atoms with E-state index < -0.39 is 10.8 Å². The van der Waals surface area contributed by atoms with Gasteiger partial charge in [0.1, 0.15) is 10.8 Å². The van der Waals surface area contributed by atoms with Gasteiger partial charge in [-0.3, -0.25) is 4.21 Å². The van der Waals surface area contributed by atoms with Crippen molar-refractivity contribution in [1.29, 1.82) is 0 Å². The third-order valence-corrected chi connectivity index (χ3v) is 3.60. The predicted molar refractivity (Wildman–Crippen MR) is 65.2 cm³/mol. The Labute approximate surface area is 101 Å². The summed E-state index contributed by atoms with van der Waals surface area (Å²) in [6, 6.07) is 9.24. The van der Waals surface area contributed by atoms with Gasteiger partial charge in [-0.05, 0) is 29.8 Å². The van der Waals surface area contributed by atoms with Gasteiger partial charge in [0.25, 0.3) is 0 Å². The van der Waals surface area contributed by atoms with Crippen molar-refractivity contribution in [2.24, 2.45) is 0 Å². The lowest BCUT2D eigenvalue weighted by molar-refractivity contribution is 0.627. The van der Waals surface area contributed by atoms with Crippen molar-refractivity contribution in [3.63, 3.8) is 0 Å². The first-order chi connectivity index (χ1) is 8.16. The van der Waals surface area contributed by atoms with Crippen LogP contribution in [0.3, 0.4) is 0 Å². The monoisotopic (exact) mass is 250 g/mol. The molecule has 0 radical (unpaired) electrons. The molecule has 3 nitrogen and oxygen atoms in total. The van der Waals surface area contributed by atoms with Gasteiger partial charge < -0.3 is 5.73 Å². The minimum Gasteiger partial charge on any atom is -0.396 e. The first-order valence-corrected chi connectivity index (χ1v) is 6.32. The van der Waals surface area contributed by atoms with Crippen LogP contribution in [0.4, 0.5) is 10.1 Å². The zero-order valence-corrected chi connectivity index (χ0v) is 9.78. The quantitative estimate of drug-likeness (QED) is 0.907. The smallest absolute Gasteiger partial charge is 0.150 e. The molecule has 0 spiro atoms. The lowest BCUT2D eigenvalue weighted by Gasteiger charge is -2.04. The molecule has 1 aromatic heterocycles. The van der Waals surface area contributed by atoms with Gasteiger partial charge in [-0.15, -0.1) is 0 Å². The number of pyridine rings is 1. The highest BCUT2D eigenvalue weighted by Gasteiger charge is 2.09. The van der Waals surface area contributed by atoms with E-state index in [9.17, 15) is 8.60 Å². The summed E-state index contributed by atoms with van der Waals surface area (Å²) >= 11 is 0. The maximum absolute atomic E-state index is 12.7. The zero-order chi connectivity index (χ0) is 12.3. The molecule has 2 rings (SSSR count). The summed E-state index contributed by atoms with van der Waals surface area (Å²) in [6.45, 7) is 0. The number of halogens is 1. The zero-order valence-electron chi connectivity index (χ0n) is 8.97. The van der Waals surface area contributed by atoms with Crippen LogP contribution in [-0.2, 0) is 16.6 Å². The molecule has 0 aliphatic heterocycles. The van der Waals surface area contributed by atoms with E-state index in [1.165, 1.54) is 12.1 Å². The Morgan fingerprint density at radius 1 is 1.24 bits per heavy atom. The molecule has 0 amide bonds. The summed E-state index contributed by atoms with van der Waals surface area (Å²) < 4.78 is 24.7. The molecule has 0 saturated carbocycles. The van der Waals surface area contributed by atoms with Crippen LogP contribution in [0.25, 0.3) is 0 Å². The third kappa shape index (κ3) is 2.88. The topological polar surface area (TPSA) is 56.0 Å². The van der Waals surface area contributed by atoms with Gasteiger partial charge in [-0.25, -0.2) is 9.37 Å². The van der Waals surface area contributed by atoms with Crippen molar-refractivity contribution >= 4 is 16.5 Å². The highest BCUT2D eigenvalue weighted by atomic mass is 32.2. The molecule has 1 unspecified atom stereocenters. The van der Waals surface area contributed by atoms with Gasteiger partial charge >= 0.3 is 0 Å². The number of aromatic nitrogens is 1. The van der Waals surface area contributed by atoms with Crippen LogP contribution in [0.1, 0.15) is 5.56 Å². The van der Waals surface area contributed by atoms with Crippen molar-refractivity contribution in [2.45, 2.75) is 10.8 Å². The van der Waals surface area contributed by atoms with Crippen LogP contribution in [-0.4, -0.2) is 9.19 Å². The van der Waals surface area contributed by atoms with E-state index >= 15 is 0 Å². The minimum atomic E-state index is -1.31. The molecule has 0 bridgehead atoms. The number of hydrogen-bond acceptors (Lipinski definition) is 3. The van der Waals surface area contributed by atoms with Crippen molar-refractivity contribution in [3.8, 4) is 0 Å². The van der Waals surface area contributed by atoms with E-state index in [0.29, 0.717) is 10.7 Å². The van der Waals surface area contributed by atoms with Gasteiger partial charge in [0.05, 0.1) is 22.2 Å². The average Bonchev–Trinajstić information content (AvgIpc) is 2.32. The SMILES string of the molecule is Nc1cccnc1S(=O)Cc1ccc(F)cc1. The minimum absolute atomic E-state index is 0.279. The summed E-state index contributed by atoms with van der Waals surface area (Å²) in [5, 5.41) is 0.372. The van der Waals surface area contributed by atoms with E-state index in [-0.39, 0.29) is 11.6 Å². The number of nitrogens with two attached hydrogens (primary N) is 1. The molecule has 5 heteroatoms. The third-order valence-electron chi connectivity index (χ3n) is 2.23. The summed E-state index contributed by atoms with van der Waals surface area (Å²) in [5.41, 5.74) is 6.88. The molecule has 0 aliphatic carbocycles. The summed E-state index contributed by atoms with van der Waals surface area (Å²) in [7, 11) is -1.31. The second kappa shape index (κ2) is 5.05. The van der Waals surface area contributed by atoms with Crippen molar-refractivity contribution in [3.05, 3.63) is 54.0 Å². The molecule has 2 N–H and O–H groups in total. The summed E-state index contributed by atoms with van der Waals surface area (Å²) in [5.74, 6) is -0.0292. The predicted octanol–water partition coefficient (Wildman–Crippen LogP) is 2.11. The Balaban J connectivity index is 2.17. The molecule has 0 fully saturated rings. The highest BCUT2D eigenvalue weighted by Crippen LogP contribution is 2.16. The molecular weight excluding hydrogens is 239 g/mol. The Morgan fingerprint density at radius 2 is 1.94 bits per heavy atom. The fraction of sp³-hybridized carbons (Fsp3) is 0.0833. The molecule has 2 aromatic rings. The van der Waals surface area contributed by atoms with E-state index in [1.807, 2.05) is 0 Å². The van der Waals surface area contributed by atoms with Gasteiger partial charge in [-0.2, -0.15) is 0 Å². The highest BCUT2D eigenvalue weighted by molar-refractivity contribution is 7.84. The van der Waals surface area contributed by atoms with Crippen molar-refractivity contribution in [1.82, 2.24) is 4.98 Å². The first kappa shape index (κ1) is 11.7. The Kier molecular flexibility index (Phi) is 3.49. The standard InChI is InChI=1S/C12H11FN2OS/c13-10-5-3-9(4-6-10)8-17(16)12-11(14)2-1-7-15-12/h1-7H,8,14H2. The number of anilines is 1. The molecule has 1 aromatic carbocycles. The fourth-order valence-corrected chi connectivity index (χ4v) is 2.54. The number of rotatable bonds is 3. The average molecular weight is 250 g/mol. The van der Waals surface area contributed by atoms with Crippen molar-refractivity contribution < 1.29 is 8.60 Å². The van der Waals surface area contributed by atoms with Crippen LogP contribution < -0.4 is 5.73 Å². The van der Waals surface area contributed by atoms with Gasteiger partial charge in [0, 0.05) is 6.20 Å². The normalized spacial score (nSPS) is 12.3. The molecule has 0 aliphatic rings. The van der Waals surface area contributed by atoms with E-state index in [2.05, 4.69) is 4.98 Å². The number of hydrogen-bond donors (Lipinski definition) is 1. The van der Waals surface area contributed by atoms with E-state index in [4.69, 9.17) is 5.73 Å². The maximum Gasteiger partial charge on any atom is 0.150 e. The maximum atomic E-state index is 12.7. The number of nitrogen functional groups attached to an aromatic ring is 1. The van der Waals surface area contributed by atoms with Gasteiger partial charge in [0.15, 0.2) is 0 Å². The lowest BCUT2D eigenvalue weighted by Crippen LogP contribution is -2.03.